The first-order valence-electron chi connectivity index (χ1n) is 30.3. The molecular weight excluding hydrogens is 1110 g/mol. The van der Waals surface area contributed by atoms with Gasteiger partial charge >= 0.3 is 29.7 Å². The van der Waals surface area contributed by atoms with Crippen LogP contribution in [0.25, 0.3) is 0 Å². The topological polar surface area (TPSA) is 200 Å². The molecule has 1 amide bonds. The first-order chi connectivity index (χ1) is 41.0. The number of esters is 1. The number of nitrogens with one attached hydrogen (secondary N) is 1. The first-order valence-corrected chi connectivity index (χ1v) is 34.1. The number of rotatable bonds is 46. The number of carbonyl (C=O) groups is 2. The summed E-state index contributed by atoms with van der Waals surface area (Å²) in [5, 5.41) is 2.86. The summed E-state index contributed by atoms with van der Waals surface area (Å²) in [7, 11) is -5.67. The van der Waals surface area contributed by atoms with Gasteiger partial charge in [-0.2, -0.15) is 0 Å². The van der Waals surface area contributed by atoms with Crippen molar-refractivity contribution < 1.29 is 83.5 Å². The summed E-state index contributed by atoms with van der Waals surface area (Å²) < 4.78 is 94.8. The predicted octanol–water partition coefficient (Wildman–Crippen LogP) is 10.7. The first kappa shape index (κ1) is 68.0. The SMILES string of the molecule is CCOCC(COc1ccc(C(c2ccc(OCC3CO3)cc2)C(c2ccc(OCC3CO3)cc2)c2ccc(OCC(COCC)OC(=O)NCCC[Si](OCC)(OCC)OCC)cc2)cc1)OC(=O)CCCC[Si](OCC)(OCC)OCC. The molecule has 2 aliphatic rings. The Hall–Kier alpha value is -5.15. The molecule has 2 fully saturated rings. The maximum atomic E-state index is 13.2. The van der Waals surface area contributed by atoms with Crippen LogP contribution in [0.1, 0.15) is 115 Å². The van der Waals surface area contributed by atoms with E-state index in [9.17, 15) is 9.59 Å². The summed E-state index contributed by atoms with van der Waals surface area (Å²) in [5.41, 5.74) is 4.14. The van der Waals surface area contributed by atoms with Crippen molar-refractivity contribution in [2.75, 3.05) is 112 Å². The summed E-state index contributed by atoms with van der Waals surface area (Å²) >= 11 is 0. The van der Waals surface area contributed by atoms with Crippen molar-refractivity contribution >= 4 is 29.7 Å². The van der Waals surface area contributed by atoms with E-state index in [1.54, 1.807) is 0 Å². The van der Waals surface area contributed by atoms with E-state index in [1.165, 1.54) is 0 Å². The molecule has 2 saturated heterocycles. The highest BCUT2D eigenvalue weighted by molar-refractivity contribution is 6.61. The molecular formula is C63H93NO18Si2. The van der Waals surface area contributed by atoms with Crippen LogP contribution in [0.15, 0.2) is 97.1 Å². The summed E-state index contributed by atoms with van der Waals surface area (Å²) in [6.07, 6.45) is 0.467. The van der Waals surface area contributed by atoms with Crippen LogP contribution in [-0.2, 0) is 59.8 Å². The molecule has 1 N–H and O–H groups in total. The molecule has 0 aromatic heterocycles. The molecule has 21 heteroatoms. The van der Waals surface area contributed by atoms with Crippen LogP contribution < -0.4 is 24.3 Å². The van der Waals surface area contributed by atoms with Gasteiger partial charge in [-0.05, 0) is 145 Å². The summed E-state index contributed by atoms with van der Waals surface area (Å²) in [5.74, 6) is 1.92. The number of carbonyl (C=O) groups excluding carboxylic acids is 2. The lowest BCUT2D eigenvalue weighted by Gasteiger charge is -2.30. The smallest absolute Gasteiger partial charge is 0.491 e. The monoisotopic (exact) mass is 1210 g/mol. The quantitative estimate of drug-likeness (QED) is 0.0189. The number of alkyl carbamates (subject to hydrolysis) is 1. The number of amides is 1. The Morgan fingerprint density at radius 2 is 0.798 bits per heavy atom. The molecule has 6 rings (SSSR count). The Balaban J connectivity index is 1.19. The molecule has 0 aliphatic carbocycles. The molecule has 2 heterocycles. The second-order valence-corrected chi connectivity index (χ2v) is 25.5. The van der Waals surface area contributed by atoms with Gasteiger partial charge in [0.05, 0.1) is 26.4 Å². The van der Waals surface area contributed by atoms with E-state index in [4.69, 9.17) is 73.9 Å². The standard InChI is InChI=1S/C63H93NO18Si2/c1-9-67-40-58(81-60(65)20-17-18-38-83(75-11-3,76-12-4)77-13-5)46-71-54-33-25-50(26-34-54)61(48-21-29-52(30-22-48)69-42-56-44-73-56)62(49-23-31-53(32-24-49)70-43-57-45-74-57)51-27-35-55(36-28-51)72-47-59(41-68-10-2)82-63(66)64-37-19-39-84(78-14-6,79-15-7)80-16-8/h21-36,56-59,61-62H,9-20,37-47H2,1-8H3,(H,64,66). The van der Waals surface area contributed by atoms with Gasteiger partial charge < -0.3 is 79.2 Å². The minimum atomic E-state index is -2.85. The van der Waals surface area contributed by atoms with Crippen LogP contribution in [0, 0.1) is 0 Å². The zero-order valence-corrected chi connectivity index (χ0v) is 52.8. The van der Waals surface area contributed by atoms with Crippen LogP contribution in [0.2, 0.25) is 12.1 Å². The Morgan fingerprint density at radius 3 is 1.14 bits per heavy atom. The predicted molar refractivity (Wildman–Crippen MR) is 321 cm³/mol. The third kappa shape index (κ3) is 23.6. The fourth-order valence-electron chi connectivity index (χ4n) is 9.60. The van der Waals surface area contributed by atoms with E-state index in [-0.39, 0.29) is 62.9 Å². The van der Waals surface area contributed by atoms with Gasteiger partial charge in [0.25, 0.3) is 0 Å². The summed E-state index contributed by atoms with van der Waals surface area (Å²) in [4.78, 5) is 26.3. The maximum Gasteiger partial charge on any atom is 0.500 e. The van der Waals surface area contributed by atoms with Crippen LogP contribution in [0.3, 0.4) is 0 Å². The van der Waals surface area contributed by atoms with Crippen LogP contribution in [0.4, 0.5) is 4.79 Å². The van der Waals surface area contributed by atoms with Gasteiger partial charge in [0.1, 0.15) is 61.6 Å². The number of benzene rings is 4. The average molecular weight is 1210 g/mol. The van der Waals surface area contributed by atoms with Crippen molar-refractivity contribution in [1.29, 1.82) is 0 Å². The molecule has 0 radical (unpaired) electrons. The summed E-state index contributed by atoms with van der Waals surface area (Å²) in [6, 6.07) is 33.7. The Labute approximate surface area is 500 Å². The molecule has 6 unspecified atom stereocenters. The van der Waals surface area contributed by atoms with Crippen molar-refractivity contribution in [3.8, 4) is 23.0 Å². The second kappa shape index (κ2) is 37.4. The molecule has 0 saturated carbocycles. The number of hydrogen-bond acceptors (Lipinski definition) is 18. The highest BCUT2D eigenvalue weighted by Crippen LogP contribution is 2.44. The van der Waals surface area contributed by atoms with Gasteiger partial charge in [0.15, 0.2) is 12.2 Å². The van der Waals surface area contributed by atoms with Gasteiger partial charge in [-0.1, -0.05) is 48.5 Å². The molecule has 84 heavy (non-hydrogen) atoms. The number of unbranched alkanes of at least 4 members (excludes halogenated alkanes) is 1. The van der Waals surface area contributed by atoms with Crippen LogP contribution >= 0.6 is 0 Å². The lowest BCUT2D eigenvalue weighted by Crippen LogP contribution is -2.46. The Morgan fingerprint density at radius 1 is 0.452 bits per heavy atom. The van der Waals surface area contributed by atoms with Crippen LogP contribution in [-0.4, -0.2) is 166 Å². The van der Waals surface area contributed by atoms with Crippen molar-refractivity contribution in [2.45, 2.75) is 129 Å². The minimum Gasteiger partial charge on any atom is -0.491 e. The molecule has 4 aromatic rings. The third-order valence-electron chi connectivity index (χ3n) is 13.7. The van der Waals surface area contributed by atoms with Crippen molar-refractivity contribution in [2.24, 2.45) is 0 Å². The molecule has 4 aromatic carbocycles. The lowest BCUT2D eigenvalue weighted by atomic mass is 9.73. The van der Waals surface area contributed by atoms with E-state index >= 15 is 0 Å². The molecule has 0 bridgehead atoms. The molecule has 6 atom stereocenters. The van der Waals surface area contributed by atoms with E-state index < -0.39 is 35.9 Å². The number of ether oxygens (including phenoxy) is 10. The number of hydrogen-bond donors (Lipinski definition) is 1. The van der Waals surface area contributed by atoms with E-state index in [0.717, 1.165) is 33.8 Å². The fourth-order valence-corrected chi connectivity index (χ4v) is 14.9. The van der Waals surface area contributed by atoms with Gasteiger partial charge in [0, 0.05) is 89.7 Å². The van der Waals surface area contributed by atoms with Crippen molar-refractivity contribution in [1.82, 2.24) is 5.32 Å². The minimum absolute atomic E-state index is 0.0631. The summed E-state index contributed by atoms with van der Waals surface area (Å²) in [6.45, 7) is 22.4. The van der Waals surface area contributed by atoms with Crippen LogP contribution in [0.5, 0.6) is 23.0 Å². The largest absolute Gasteiger partial charge is 0.500 e. The van der Waals surface area contributed by atoms with Gasteiger partial charge in [-0.25, -0.2) is 4.79 Å². The molecule has 19 nitrogen and oxygen atoms in total. The average Bonchev–Trinajstić information content (AvgIpc) is 3.55. The van der Waals surface area contributed by atoms with Crippen molar-refractivity contribution in [3.05, 3.63) is 119 Å². The van der Waals surface area contributed by atoms with E-state index in [1.807, 2.05) is 104 Å². The van der Waals surface area contributed by atoms with Crippen molar-refractivity contribution in [3.63, 3.8) is 0 Å². The zero-order valence-electron chi connectivity index (χ0n) is 50.8. The lowest BCUT2D eigenvalue weighted by molar-refractivity contribution is -0.154. The highest BCUT2D eigenvalue weighted by atomic mass is 28.4. The normalized spacial score (nSPS) is 16.2. The van der Waals surface area contributed by atoms with Gasteiger partial charge in [-0.3, -0.25) is 4.79 Å². The second-order valence-electron chi connectivity index (χ2n) is 20.0. The third-order valence-corrected chi connectivity index (χ3v) is 20.0. The Bertz CT molecular complexity index is 2230. The molecule has 0 spiro atoms. The van der Waals surface area contributed by atoms with E-state index in [0.29, 0.717) is 129 Å². The highest BCUT2D eigenvalue weighted by Gasteiger charge is 2.41. The Kier molecular flexibility index (Phi) is 30.3. The zero-order chi connectivity index (χ0) is 59.8. The van der Waals surface area contributed by atoms with Gasteiger partial charge in [0.2, 0.25) is 0 Å². The van der Waals surface area contributed by atoms with E-state index in [2.05, 4.69) is 53.8 Å². The maximum absolute atomic E-state index is 13.2. The number of epoxide rings is 2. The molecule has 466 valence electrons. The molecule has 2 aliphatic heterocycles. The van der Waals surface area contributed by atoms with Gasteiger partial charge in [-0.15, -0.1) is 0 Å². The fraction of sp³-hybridized carbons (Fsp3) is 0.587.